The molecule has 3 rings (SSSR count). The SMILES string of the molecule is CCOC(=O)[C@H]1C(=O)C=C(c2ccc(OC)cc2)C[C@H]1c1ccc(N(C)C)cc1. The molecule has 2 atom stereocenters. The number of allylic oxidation sites excluding steroid dienone is 2. The number of methoxy groups -OCH3 is 1. The summed E-state index contributed by atoms with van der Waals surface area (Å²) in [4.78, 5) is 27.6. The lowest BCUT2D eigenvalue weighted by atomic mass is 9.73. The summed E-state index contributed by atoms with van der Waals surface area (Å²) in [6.45, 7) is 2.01. The molecule has 0 heterocycles. The van der Waals surface area contributed by atoms with E-state index in [1.165, 1.54) is 0 Å². The average molecular weight is 393 g/mol. The van der Waals surface area contributed by atoms with Gasteiger partial charge < -0.3 is 14.4 Å². The van der Waals surface area contributed by atoms with E-state index in [1.54, 1.807) is 20.1 Å². The Kier molecular flexibility index (Phi) is 6.37. The van der Waals surface area contributed by atoms with Crippen molar-refractivity contribution >= 4 is 23.0 Å². The zero-order chi connectivity index (χ0) is 21.0. The van der Waals surface area contributed by atoms with Crippen molar-refractivity contribution < 1.29 is 19.1 Å². The van der Waals surface area contributed by atoms with E-state index in [-0.39, 0.29) is 18.3 Å². The van der Waals surface area contributed by atoms with E-state index < -0.39 is 11.9 Å². The highest BCUT2D eigenvalue weighted by Crippen LogP contribution is 2.41. The Hall–Kier alpha value is -3.08. The Morgan fingerprint density at radius 1 is 1.07 bits per heavy atom. The maximum Gasteiger partial charge on any atom is 0.317 e. The molecule has 5 heteroatoms. The number of ketones is 1. The van der Waals surface area contributed by atoms with Crippen molar-refractivity contribution in [1.82, 2.24) is 0 Å². The Morgan fingerprint density at radius 3 is 2.28 bits per heavy atom. The van der Waals surface area contributed by atoms with E-state index in [0.29, 0.717) is 6.42 Å². The summed E-state index contributed by atoms with van der Waals surface area (Å²) in [6.07, 6.45) is 2.18. The van der Waals surface area contributed by atoms with Crippen LogP contribution in [0.5, 0.6) is 5.75 Å². The zero-order valence-electron chi connectivity index (χ0n) is 17.3. The summed E-state index contributed by atoms with van der Waals surface area (Å²) in [5.74, 6) is -0.981. The van der Waals surface area contributed by atoms with Crippen LogP contribution in [0.3, 0.4) is 0 Å². The van der Waals surface area contributed by atoms with Crippen LogP contribution in [-0.2, 0) is 14.3 Å². The smallest absolute Gasteiger partial charge is 0.317 e. The summed E-state index contributed by atoms with van der Waals surface area (Å²) in [5.41, 5.74) is 3.90. The second-order valence-electron chi connectivity index (χ2n) is 7.33. The molecule has 0 amide bonds. The van der Waals surface area contributed by atoms with Crippen molar-refractivity contribution in [2.75, 3.05) is 32.7 Å². The lowest BCUT2D eigenvalue weighted by molar-refractivity contribution is -0.151. The zero-order valence-corrected chi connectivity index (χ0v) is 17.3. The van der Waals surface area contributed by atoms with Crippen LogP contribution < -0.4 is 9.64 Å². The van der Waals surface area contributed by atoms with Gasteiger partial charge in [0.1, 0.15) is 11.7 Å². The van der Waals surface area contributed by atoms with Crippen molar-refractivity contribution in [3.63, 3.8) is 0 Å². The fraction of sp³-hybridized carbons (Fsp3) is 0.333. The van der Waals surface area contributed by atoms with Crippen LogP contribution in [0.25, 0.3) is 5.57 Å². The van der Waals surface area contributed by atoms with Gasteiger partial charge in [-0.15, -0.1) is 0 Å². The fourth-order valence-corrected chi connectivity index (χ4v) is 3.72. The van der Waals surface area contributed by atoms with Gasteiger partial charge in [-0.3, -0.25) is 9.59 Å². The number of anilines is 1. The second kappa shape index (κ2) is 8.95. The summed E-state index contributed by atoms with van der Waals surface area (Å²) >= 11 is 0. The third kappa shape index (κ3) is 4.50. The van der Waals surface area contributed by atoms with Gasteiger partial charge in [-0.25, -0.2) is 0 Å². The number of nitrogens with zero attached hydrogens (tertiary/aromatic N) is 1. The number of carbonyl (C=O) groups excluding carboxylic acids is 2. The van der Waals surface area contributed by atoms with Crippen LogP contribution in [-0.4, -0.2) is 39.6 Å². The van der Waals surface area contributed by atoms with Gasteiger partial charge in [-0.05, 0) is 60.4 Å². The van der Waals surface area contributed by atoms with Crippen molar-refractivity contribution in [2.24, 2.45) is 5.92 Å². The Labute approximate surface area is 171 Å². The minimum Gasteiger partial charge on any atom is -0.497 e. The maximum atomic E-state index is 13.0. The Balaban J connectivity index is 1.98. The van der Waals surface area contributed by atoms with Gasteiger partial charge in [-0.1, -0.05) is 24.3 Å². The first-order valence-electron chi connectivity index (χ1n) is 9.77. The van der Waals surface area contributed by atoms with E-state index in [4.69, 9.17) is 9.47 Å². The number of carbonyl (C=O) groups is 2. The minimum atomic E-state index is -0.817. The molecule has 0 saturated carbocycles. The molecule has 1 aliphatic rings. The van der Waals surface area contributed by atoms with E-state index in [1.807, 2.05) is 67.5 Å². The first-order chi connectivity index (χ1) is 13.9. The van der Waals surface area contributed by atoms with Gasteiger partial charge in [0.15, 0.2) is 5.78 Å². The molecule has 0 aromatic heterocycles. The molecule has 5 nitrogen and oxygen atoms in total. The van der Waals surface area contributed by atoms with Gasteiger partial charge in [0.05, 0.1) is 13.7 Å². The van der Waals surface area contributed by atoms with Crippen LogP contribution >= 0.6 is 0 Å². The number of esters is 1. The van der Waals surface area contributed by atoms with Gasteiger partial charge in [0.2, 0.25) is 0 Å². The molecule has 0 N–H and O–H groups in total. The molecule has 0 unspecified atom stereocenters. The highest BCUT2D eigenvalue weighted by atomic mass is 16.5. The van der Waals surface area contributed by atoms with Crippen molar-refractivity contribution in [3.8, 4) is 5.75 Å². The first-order valence-corrected chi connectivity index (χ1v) is 9.77. The minimum absolute atomic E-state index is 0.206. The van der Waals surface area contributed by atoms with E-state index >= 15 is 0 Å². The van der Waals surface area contributed by atoms with Crippen LogP contribution in [0.1, 0.15) is 30.4 Å². The number of rotatable bonds is 6. The number of hydrogen-bond donors (Lipinski definition) is 0. The number of hydrogen-bond acceptors (Lipinski definition) is 5. The molecule has 2 aromatic rings. The topological polar surface area (TPSA) is 55.8 Å². The first kappa shape index (κ1) is 20.6. The number of benzene rings is 2. The highest BCUT2D eigenvalue weighted by molar-refractivity contribution is 6.10. The molecule has 29 heavy (non-hydrogen) atoms. The lowest BCUT2D eigenvalue weighted by Gasteiger charge is -2.30. The maximum absolute atomic E-state index is 13.0. The van der Waals surface area contributed by atoms with E-state index in [9.17, 15) is 9.59 Å². The van der Waals surface area contributed by atoms with Crippen molar-refractivity contribution in [3.05, 3.63) is 65.7 Å². The molecular formula is C24H27NO4. The molecule has 0 fully saturated rings. The molecule has 0 spiro atoms. The van der Waals surface area contributed by atoms with Crippen LogP contribution in [0.4, 0.5) is 5.69 Å². The molecule has 2 aromatic carbocycles. The standard InChI is InChI=1S/C24H27NO4/c1-5-29-24(27)23-21(17-6-10-19(11-7-17)25(2)3)14-18(15-22(23)26)16-8-12-20(28-4)13-9-16/h6-13,15,21,23H,5,14H2,1-4H3/t21-,23+/m0/s1. The summed E-state index contributed by atoms with van der Waals surface area (Å²) in [6, 6.07) is 15.6. The molecule has 0 saturated heterocycles. The summed E-state index contributed by atoms with van der Waals surface area (Å²) in [7, 11) is 5.58. The number of ether oxygens (including phenoxy) is 2. The average Bonchev–Trinajstić information content (AvgIpc) is 2.73. The Morgan fingerprint density at radius 2 is 1.72 bits per heavy atom. The monoisotopic (exact) mass is 393 g/mol. The van der Waals surface area contributed by atoms with Gasteiger partial charge in [0, 0.05) is 25.7 Å². The molecule has 1 aliphatic carbocycles. The molecule has 0 radical (unpaired) electrons. The van der Waals surface area contributed by atoms with Gasteiger partial charge >= 0.3 is 5.97 Å². The lowest BCUT2D eigenvalue weighted by Crippen LogP contribution is -2.34. The van der Waals surface area contributed by atoms with Crippen LogP contribution in [0.2, 0.25) is 0 Å². The quantitative estimate of drug-likeness (QED) is 0.547. The van der Waals surface area contributed by atoms with Crippen LogP contribution in [0.15, 0.2) is 54.6 Å². The second-order valence-corrected chi connectivity index (χ2v) is 7.33. The molecule has 152 valence electrons. The predicted octanol–water partition coefficient (Wildman–Crippen LogP) is 4.08. The van der Waals surface area contributed by atoms with Gasteiger partial charge in [-0.2, -0.15) is 0 Å². The molecular weight excluding hydrogens is 366 g/mol. The summed E-state index contributed by atoms with van der Waals surface area (Å²) in [5, 5.41) is 0. The van der Waals surface area contributed by atoms with Crippen molar-refractivity contribution in [1.29, 1.82) is 0 Å². The highest BCUT2D eigenvalue weighted by Gasteiger charge is 2.39. The normalized spacial score (nSPS) is 18.8. The molecule has 0 bridgehead atoms. The third-order valence-electron chi connectivity index (χ3n) is 5.30. The molecule has 0 aliphatic heterocycles. The fourth-order valence-electron chi connectivity index (χ4n) is 3.72. The largest absolute Gasteiger partial charge is 0.497 e. The third-order valence-corrected chi connectivity index (χ3v) is 5.30. The van der Waals surface area contributed by atoms with Crippen molar-refractivity contribution in [2.45, 2.75) is 19.3 Å². The van der Waals surface area contributed by atoms with Crippen LogP contribution in [0, 0.1) is 5.92 Å². The van der Waals surface area contributed by atoms with E-state index in [2.05, 4.69) is 0 Å². The Bertz CT molecular complexity index is 897. The summed E-state index contributed by atoms with van der Waals surface area (Å²) < 4.78 is 10.4. The van der Waals surface area contributed by atoms with E-state index in [0.717, 1.165) is 28.1 Å². The van der Waals surface area contributed by atoms with Gasteiger partial charge in [0.25, 0.3) is 0 Å². The predicted molar refractivity (Wildman–Crippen MR) is 114 cm³/mol.